The second-order valence-electron chi connectivity index (χ2n) is 18.2. The van der Waals surface area contributed by atoms with Crippen molar-refractivity contribution in [3.05, 3.63) is 17.7 Å². The zero-order valence-electron chi connectivity index (χ0n) is 40.3. The van der Waals surface area contributed by atoms with Gasteiger partial charge in [-0.25, -0.2) is 4.98 Å². The van der Waals surface area contributed by atoms with E-state index in [1.807, 2.05) is 0 Å². The van der Waals surface area contributed by atoms with Gasteiger partial charge in [0.2, 0.25) is 0 Å². The van der Waals surface area contributed by atoms with Gasteiger partial charge in [0, 0.05) is 12.7 Å². The summed E-state index contributed by atoms with van der Waals surface area (Å²) in [5.41, 5.74) is 1.09. The van der Waals surface area contributed by atoms with Crippen molar-refractivity contribution >= 4 is 11.9 Å². The van der Waals surface area contributed by atoms with Gasteiger partial charge in [-0.2, -0.15) is 0 Å². The molecule has 346 valence electrons. The maximum absolute atomic E-state index is 13.1. The molecule has 0 amide bonds. The van der Waals surface area contributed by atoms with Crippen LogP contribution in [0.25, 0.3) is 0 Å². The van der Waals surface area contributed by atoms with Gasteiger partial charge >= 0.3 is 11.9 Å². The first-order valence-electron chi connectivity index (χ1n) is 25.9. The van der Waals surface area contributed by atoms with E-state index in [4.69, 9.17) is 9.47 Å². The molecule has 0 bridgehead atoms. The molecule has 0 aliphatic carbocycles. The Morgan fingerprint density at radius 3 is 1.22 bits per heavy atom. The monoisotopic (exact) mass is 830 g/mol. The van der Waals surface area contributed by atoms with Crippen molar-refractivity contribution in [1.29, 1.82) is 0 Å². The number of aryl methyl sites for hydroxylation is 3. The molecule has 0 aliphatic heterocycles. The van der Waals surface area contributed by atoms with Crippen LogP contribution in [0.5, 0.6) is 0 Å². The number of hydrogen-bond donors (Lipinski definition) is 0. The molecule has 7 heteroatoms. The van der Waals surface area contributed by atoms with E-state index in [9.17, 15) is 9.59 Å². The van der Waals surface area contributed by atoms with E-state index in [0.717, 1.165) is 121 Å². The molecule has 0 saturated carbocycles. The summed E-state index contributed by atoms with van der Waals surface area (Å²) in [6.07, 6.45) is 41.2. The molecular formula is C52H99N3O4. The summed E-state index contributed by atoms with van der Waals surface area (Å²) < 4.78 is 14.1. The average Bonchev–Trinajstić information content (AvgIpc) is 3.56. The molecule has 0 spiro atoms. The number of carbonyl (C=O) groups is 2. The Labute approximate surface area is 366 Å². The number of hydrogen-bond acceptors (Lipinski definition) is 6. The smallest absolute Gasteiger partial charge is 0.308 e. The number of aromatic nitrogens is 2. The molecule has 0 aromatic carbocycles. The number of unbranched alkanes of at least 4 members (excludes halogenated alkanes) is 22. The Balaban J connectivity index is 2.45. The lowest BCUT2D eigenvalue weighted by molar-refractivity contribution is -0.150. The van der Waals surface area contributed by atoms with E-state index in [0.29, 0.717) is 13.2 Å². The van der Waals surface area contributed by atoms with E-state index in [-0.39, 0.29) is 23.8 Å². The van der Waals surface area contributed by atoms with Gasteiger partial charge in [0.15, 0.2) is 0 Å². The van der Waals surface area contributed by atoms with E-state index >= 15 is 0 Å². The van der Waals surface area contributed by atoms with Crippen LogP contribution < -0.4 is 0 Å². The molecule has 7 nitrogen and oxygen atoms in total. The van der Waals surface area contributed by atoms with Gasteiger partial charge in [-0.05, 0) is 91.3 Å². The van der Waals surface area contributed by atoms with Gasteiger partial charge in [0.25, 0.3) is 0 Å². The normalized spacial score (nSPS) is 12.7. The van der Waals surface area contributed by atoms with Crippen LogP contribution in [0.3, 0.4) is 0 Å². The van der Waals surface area contributed by atoms with Crippen LogP contribution in [-0.4, -0.2) is 59.2 Å². The third kappa shape index (κ3) is 31.6. The summed E-state index contributed by atoms with van der Waals surface area (Å²) in [6, 6.07) is 0. The molecule has 2 atom stereocenters. The summed E-state index contributed by atoms with van der Waals surface area (Å²) in [5.74, 6) is 1.41. The van der Waals surface area contributed by atoms with Crippen LogP contribution in [0.2, 0.25) is 0 Å². The Morgan fingerprint density at radius 2 is 0.831 bits per heavy atom. The number of carbonyl (C=O) groups excluding carboxylic acids is 2. The Morgan fingerprint density at radius 1 is 0.492 bits per heavy atom. The van der Waals surface area contributed by atoms with Crippen LogP contribution in [0.1, 0.15) is 251 Å². The highest BCUT2D eigenvalue weighted by molar-refractivity contribution is 5.72. The second-order valence-corrected chi connectivity index (χ2v) is 18.2. The van der Waals surface area contributed by atoms with Gasteiger partial charge in [-0.1, -0.05) is 182 Å². The predicted octanol–water partition coefficient (Wildman–Crippen LogP) is 15.1. The highest BCUT2D eigenvalue weighted by Gasteiger charge is 2.20. The number of nitrogens with zero attached hydrogens (tertiary/aromatic N) is 3. The van der Waals surface area contributed by atoms with Crippen molar-refractivity contribution in [1.82, 2.24) is 14.5 Å². The van der Waals surface area contributed by atoms with Crippen molar-refractivity contribution in [2.75, 3.05) is 32.8 Å². The first kappa shape index (κ1) is 55.1. The highest BCUT2D eigenvalue weighted by Crippen LogP contribution is 2.22. The van der Waals surface area contributed by atoms with Gasteiger partial charge < -0.3 is 18.9 Å². The third-order valence-corrected chi connectivity index (χ3v) is 12.5. The van der Waals surface area contributed by atoms with Crippen LogP contribution in [0.15, 0.2) is 6.20 Å². The fourth-order valence-corrected chi connectivity index (χ4v) is 8.59. The first-order valence-corrected chi connectivity index (χ1v) is 25.9. The van der Waals surface area contributed by atoms with E-state index in [1.165, 1.54) is 128 Å². The first-order chi connectivity index (χ1) is 28.9. The van der Waals surface area contributed by atoms with Crippen LogP contribution >= 0.6 is 0 Å². The van der Waals surface area contributed by atoms with Gasteiger partial charge in [-0.3, -0.25) is 9.59 Å². The minimum absolute atomic E-state index is 0.0632. The summed E-state index contributed by atoms with van der Waals surface area (Å²) in [7, 11) is 0. The lowest BCUT2D eigenvalue weighted by atomic mass is 9.94. The second kappa shape index (κ2) is 40.2. The lowest BCUT2D eigenvalue weighted by Gasteiger charge is -2.22. The summed E-state index contributed by atoms with van der Waals surface area (Å²) in [4.78, 5) is 33.4. The quantitative estimate of drug-likeness (QED) is 0.0482. The maximum atomic E-state index is 13.1. The molecule has 1 heterocycles. The molecule has 1 aromatic heterocycles. The molecule has 0 aliphatic rings. The van der Waals surface area contributed by atoms with Crippen LogP contribution in [-0.2, 0) is 25.6 Å². The fraction of sp³-hybridized carbons (Fsp3) is 0.904. The predicted molar refractivity (Wildman–Crippen MR) is 252 cm³/mol. The van der Waals surface area contributed by atoms with Crippen molar-refractivity contribution in [3.8, 4) is 0 Å². The molecule has 1 rings (SSSR count). The number of esters is 2. The SMILES string of the molecule is CCCCCCCCC(CCCCCC)C(=O)OCCCCCCN(CCCCCCOC(=O)C(CCCCCC)CCCCCCCC)CCCn1cc(C)nc1C. The van der Waals surface area contributed by atoms with Crippen molar-refractivity contribution < 1.29 is 19.1 Å². The van der Waals surface area contributed by atoms with Gasteiger partial charge in [0.05, 0.1) is 30.7 Å². The standard InChI is InChI=1S/C52H99N3O4/c1-7-11-15-19-21-29-38-49(36-27-17-13-9-3)51(56)58-44-33-25-23-31-40-54(42-35-43-55-46-47(5)53-48(55)6)41-32-24-26-34-45-59-52(57)50(37-28-18-14-10-4)39-30-22-20-16-12-8-2/h46,49-50H,7-45H2,1-6H3. The Bertz CT molecular complexity index is 1030. The Hall–Kier alpha value is -1.89. The molecule has 1 aromatic rings. The largest absolute Gasteiger partial charge is 0.465 e. The number of ether oxygens (including phenoxy) is 2. The third-order valence-electron chi connectivity index (χ3n) is 12.5. The van der Waals surface area contributed by atoms with Gasteiger partial charge in [0.1, 0.15) is 5.82 Å². The average molecular weight is 830 g/mol. The van der Waals surface area contributed by atoms with E-state index in [1.54, 1.807) is 0 Å². The number of rotatable bonds is 44. The van der Waals surface area contributed by atoms with Crippen molar-refractivity contribution in [2.24, 2.45) is 11.8 Å². The summed E-state index contributed by atoms with van der Waals surface area (Å²) >= 11 is 0. The van der Waals surface area contributed by atoms with Gasteiger partial charge in [-0.15, -0.1) is 0 Å². The highest BCUT2D eigenvalue weighted by atomic mass is 16.5. The summed E-state index contributed by atoms with van der Waals surface area (Å²) in [6.45, 7) is 18.7. The zero-order valence-corrected chi connectivity index (χ0v) is 40.3. The van der Waals surface area contributed by atoms with Crippen LogP contribution in [0.4, 0.5) is 0 Å². The van der Waals surface area contributed by atoms with E-state index in [2.05, 4.69) is 62.2 Å². The lowest BCUT2D eigenvalue weighted by Crippen LogP contribution is -2.28. The minimum atomic E-state index is 0.0632. The summed E-state index contributed by atoms with van der Waals surface area (Å²) in [5, 5.41) is 0. The Kier molecular flexibility index (Phi) is 37.6. The fourth-order valence-electron chi connectivity index (χ4n) is 8.59. The van der Waals surface area contributed by atoms with E-state index < -0.39 is 0 Å². The number of imidazole rings is 1. The molecular weight excluding hydrogens is 731 g/mol. The van der Waals surface area contributed by atoms with Crippen molar-refractivity contribution in [3.63, 3.8) is 0 Å². The molecule has 0 N–H and O–H groups in total. The molecule has 0 radical (unpaired) electrons. The molecule has 0 saturated heterocycles. The maximum Gasteiger partial charge on any atom is 0.308 e. The van der Waals surface area contributed by atoms with Crippen LogP contribution in [0, 0.1) is 25.7 Å². The molecule has 59 heavy (non-hydrogen) atoms. The topological polar surface area (TPSA) is 73.7 Å². The molecule has 2 unspecified atom stereocenters. The molecule has 0 fully saturated rings. The zero-order chi connectivity index (χ0) is 43.0. The minimum Gasteiger partial charge on any atom is -0.465 e. The van der Waals surface area contributed by atoms with Crippen molar-refractivity contribution in [2.45, 2.75) is 260 Å².